The van der Waals surface area contributed by atoms with Crippen LogP contribution in [0.2, 0.25) is 0 Å². The molecule has 1 aromatic heterocycles. The Morgan fingerprint density at radius 1 is 1.38 bits per heavy atom. The Labute approximate surface area is 130 Å². The van der Waals surface area contributed by atoms with Gasteiger partial charge in [-0.2, -0.15) is 0 Å². The van der Waals surface area contributed by atoms with Crippen LogP contribution in [0.1, 0.15) is 51.1 Å². The summed E-state index contributed by atoms with van der Waals surface area (Å²) in [6, 6.07) is 8.39. The molecule has 3 nitrogen and oxygen atoms in total. The third-order valence-corrected chi connectivity index (χ3v) is 4.99. The lowest BCUT2D eigenvalue weighted by Crippen LogP contribution is -2.33. The van der Waals surface area contributed by atoms with Crippen LogP contribution >= 0.6 is 11.3 Å². The zero-order chi connectivity index (χ0) is 15.0. The number of nitrogens with zero attached hydrogens (tertiary/aromatic N) is 2. The van der Waals surface area contributed by atoms with E-state index in [1.54, 1.807) is 11.3 Å². The maximum atomic E-state index is 12.6. The Hall–Kier alpha value is -1.42. The molecule has 1 unspecified atom stereocenters. The van der Waals surface area contributed by atoms with E-state index in [0.717, 1.165) is 29.9 Å². The zero-order valence-electron chi connectivity index (χ0n) is 12.9. The van der Waals surface area contributed by atoms with E-state index >= 15 is 0 Å². The van der Waals surface area contributed by atoms with Gasteiger partial charge in [0.15, 0.2) is 0 Å². The lowest BCUT2D eigenvalue weighted by atomic mass is 9.91. The van der Waals surface area contributed by atoms with Gasteiger partial charge >= 0.3 is 0 Å². The molecule has 0 spiro atoms. The van der Waals surface area contributed by atoms with Gasteiger partial charge in [0.05, 0.1) is 16.3 Å². The number of para-hydroxylation sites is 1. The number of amides is 1. The molecule has 0 bridgehead atoms. The summed E-state index contributed by atoms with van der Waals surface area (Å²) < 4.78 is 1.21. The highest BCUT2D eigenvalue weighted by atomic mass is 32.1. The van der Waals surface area contributed by atoms with Crippen LogP contribution < -0.4 is 0 Å². The summed E-state index contributed by atoms with van der Waals surface area (Å²) in [4.78, 5) is 19.4. The predicted octanol–water partition coefficient (Wildman–Crippen LogP) is 4.40. The molecule has 3 rings (SSSR count). The predicted molar refractivity (Wildman–Crippen MR) is 87.4 cm³/mol. The van der Waals surface area contributed by atoms with Crippen molar-refractivity contribution in [3.05, 3.63) is 29.3 Å². The van der Waals surface area contributed by atoms with Crippen molar-refractivity contribution in [1.82, 2.24) is 9.88 Å². The number of rotatable bonds is 2. The van der Waals surface area contributed by atoms with Gasteiger partial charge in [-0.3, -0.25) is 4.79 Å². The smallest absolute Gasteiger partial charge is 0.223 e. The van der Waals surface area contributed by atoms with Crippen molar-refractivity contribution in [3.8, 4) is 0 Å². The van der Waals surface area contributed by atoms with Crippen molar-refractivity contribution in [2.45, 2.75) is 46.1 Å². The first kappa shape index (κ1) is 14.5. The third-order valence-electron chi connectivity index (χ3n) is 3.85. The number of hydrogen-bond donors (Lipinski definition) is 0. The molecule has 1 atom stereocenters. The molecule has 112 valence electrons. The molecule has 2 aromatic rings. The van der Waals surface area contributed by atoms with Crippen LogP contribution in [0.25, 0.3) is 10.2 Å². The highest BCUT2D eigenvalue weighted by molar-refractivity contribution is 7.18. The molecule has 0 saturated carbocycles. The van der Waals surface area contributed by atoms with Gasteiger partial charge in [-0.25, -0.2) is 4.98 Å². The molecule has 2 heterocycles. The van der Waals surface area contributed by atoms with Crippen molar-refractivity contribution >= 4 is 27.5 Å². The Morgan fingerprint density at radius 2 is 2.14 bits per heavy atom. The van der Waals surface area contributed by atoms with Gasteiger partial charge in [0.2, 0.25) is 5.91 Å². The molecule has 0 N–H and O–H groups in total. The summed E-state index contributed by atoms with van der Waals surface area (Å²) in [7, 11) is 0. The quantitative estimate of drug-likeness (QED) is 0.824. The molecule has 21 heavy (non-hydrogen) atoms. The Morgan fingerprint density at radius 3 is 2.86 bits per heavy atom. The molecule has 0 aliphatic carbocycles. The van der Waals surface area contributed by atoms with Crippen LogP contribution in [0.15, 0.2) is 24.3 Å². The number of carbonyl (C=O) groups is 1. The van der Waals surface area contributed by atoms with Gasteiger partial charge < -0.3 is 4.90 Å². The first-order valence-corrected chi connectivity index (χ1v) is 8.41. The minimum absolute atomic E-state index is 0.0395. The van der Waals surface area contributed by atoms with Crippen molar-refractivity contribution in [2.75, 3.05) is 6.54 Å². The Balaban J connectivity index is 1.85. The average Bonchev–Trinajstić information content (AvgIpc) is 3.02. The Bertz CT molecular complexity index is 623. The van der Waals surface area contributed by atoms with Crippen LogP contribution in [0.4, 0.5) is 0 Å². The number of aromatic nitrogens is 1. The van der Waals surface area contributed by atoms with Gasteiger partial charge in [-0.05, 0) is 30.4 Å². The van der Waals surface area contributed by atoms with Crippen molar-refractivity contribution in [1.29, 1.82) is 0 Å². The highest BCUT2D eigenvalue weighted by Gasteiger charge is 2.33. The third kappa shape index (κ3) is 3.10. The highest BCUT2D eigenvalue weighted by Crippen LogP contribution is 2.37. The molecular weight excluding hydrogens is 280 g/mol. The molecule has 1 aliphatic heterocycles. The van der Waals surface area contributed by atoms with Crippen LogP contribution in [-0.2, 0) is 4.79 Å². The minimum Gasteiger partial charge on any atom is -0.333 e. The lowest BCUT2D eigenvalue weighted by Gasteiger charge is -2.27. The molecule has 1 aromatic carbocycles. The first-order chi connectivity index (χ1) is 9.94. The average molecular weight is 302 g/mol. The molecule has 4 heteroatoms. The molecule has 0 radical (unpaired) electrons. The normalized spacial score (nSPS) is 19.4. The fourth-order valence-corrected chi connectivity index (χ4v) is 4.03. The topological polar surface area (TPSA) is 33.2 Å². The van der Waals surface area contributed by atoms with Gasteiger partial charge in [0, 0.05) is 13.0 Å². The largest absolute Gasteiger partial charge is 0.333 e. The van der Waals surface area contributed by atoms with Crippen molar-refractivity contribution in [2.24, 2.45) is 5.41 Å². The zero-order valence-corrected chi connectivity index (χ0v) is 13.7. The SMILES string of the molecule is CC(C)(C)CC(=O)N1CCCC1c1nc2ccccc2s1. The summed E-state index contributed by atoms with van der Waals surface area (Å²) in [6.07, 6.45) is 2.72. The second-order valence-electron chi connectivity index (χ2n) is 7.00. The van der Waals surface area contributed by atoms with Crippen LogP contribution in [-0.4, -0.2) is 22.3 Å². The maximum absolute atomic E-state index is 12.6. The molecule has 1 amide bonds. The summed E-state index contributed by atoms with van der Waals surface area (Å²) in [5.41, 5.74) is 1.09. The molecule has 1 fully saturated rings. The second-order valence-corrected chi connectivity index (χ2v) is 8.06. The van der Waals surface area contributed by atoms with E-state index in [1.807, 2.05) is 23.1 Å². The van der Waals surface area contributed by atoms with E-state index in [4.69, 9.17) is 4.98 Å². The van der Waals surface area contributed by atoms with Gasteiger partial charge in [0.25, 0.3) is 0 Å². The van der Waals surface area contributed by atoms with E-state index in [1.165, 1.54) is 4.70 Å². The summed E-state index contributed by atoms with van der Waals surface area (Å²) >= 11 is 1.73. The number of carbonyl (C=O) groups excluding carboxylic acids is 1. The van der Waals surface area contributed by atoms with Crippen molar-refractivity contribution < 1.29 is 4.79 Å². The monoisotopic (exact) mass is 302 g/mol. The van der Waals surface area contributed by atoms with E-state index in [2.05, 4.69) is 26.8 Å². The summed E-state index contributed by atoms with van der Waals surface area (Å²) in [6.45, 7) is 7.23. The maximum Gasteiger partial charge on any atom is 0.223 e. The lowest BCUT2D eigenvalue weighted by molar-refractivity contribution is -0.134. The molecule has 1 aliphatic rings. The van der Waals surface area contributed by atoms with Crippen LogP contribution in [0, 0.1) is 5.41 Å². The molecule has 1 saturated heterocycles. The van der Waals surface area contributed by atoms with Gasteiger partial charge in [-0.1, -0.05) is 32.9 Å². The summed E-state index contributed by atoms with van der Waals surface area (Å²) in [5, 5.41) is 1.09. The van der Waals surface area contributed by atoms with E-state index in [0.29, 0.717) is 6.42 Å². The standard InChI is InChI=1S/C17H22N2OS/c1-17(2,3)11-15(20)19-10-6-8-13(19)16-18-12-7-4-5-9-14(12)21-16/h4-5,7,9,13H,6,8,10-11H2,1-3H3. The number of benzene rings is 1. The summed E-state index contributed by atoms with van der Waals surface area (Å²) in [5.74, 6) is 0.268. The van der Waals surface area contributed by atoms with Crippen molar-refractivity contribution in [3.63, 3.8) is 0 Å². The van der Waals surface area contributed by atoms with E-state index in [-0.39, 0.29) is 17.4 Å². The number of thiazole rings is 1. The number of fused-ring (bicyclic) bond motifs is 1. The van der Waals surface area contributed by atoms with Crippen LogP contribution in [0.3, 0.4) is 0 Å². The van der Waals surface area contributed by atoms with E-state index < -0.39 is 0 Å². The second kappa shape index (κ2) is 5.41. The van der Waals surface area contributed by atoms with Crippen LogP contribution in [0.5, 0.6) is 0 Å². The number of hydrogen-bond acceptors (Lipinski definition) is 3. The number of likely N-dealkylation sites (tertiary alicyclic amines) is 1. The fraction of sp³-hybridized carbons (Fsp3) is 0.529. The van der Waals surface area contributed by atoms with Gasteiger partial charge in [-0.15, -0.1) is 11.3 Å². The first-order valence-electron chi connectivity index (χ1n) is 7.59. The van der Waals surface area contributed by atoms with Gasteiger partial charge in [0.1, 0.15) is 5.01 Å². The van der Waals surface area contributed by atoms with E-state index in [9.17, 15) is 4.79 Å². The minimum atomic E-state index is 0.0395. The Kier molecular flexibility index (Phi) is 3.74. The fourth-order valence-electron chi connectivity index (χ4n) is 2.91. The molecular formula is C17H22N2OS.